The van der Waals surface area contributed by atoms with Crippen LogP contribution in [0.5, 0.6) is 0 Å². The van der Waals surface area contributed by atoms with Gasteiger partial charge in [0.15, 0.2) is 0 Å². The van der Waals surface area contributed by atoms with Gasteiger partial charge in [-0.2, -0.15) is 5.10 Å². The zero-order valence-corrected chi connectivity index (χ0v) is 22.6. The van der Waals surface area contributed by atoms with Crippen molar-refractivity contribution in [2.75, 3.05) is 38.0 Å². The van der Waals surface area contributed by atoms with Crippen molar-refractivity contribution in [1.29, 1.82) is 0 Å². The topological polar surface area (TPSA) is 39.1 Å². The van der Waals surface area contributed by atoms with Crippen LogP contribution in [0.1, 0.15) is 46.8 Å². The molecule has 0 radical (unpaired) electrons. The summed E-state index contributed by atoms with van der Waals surface area (Å²) in [6.45, 7) is 0. The average Bonchev–Trinajstić information content (AvgIpc) is 3.29. The van der Waals surface area contributed by atoms with Gasteiger partial charge in [-0.3, -0.25) is 4.79 Å². The minimum absolute atomic E-state index is 0.137. The van der Waals surface area contributed by atoms with Gasteiger partial charge >= 0.3 is 0 Å². The molecule has 2 unspecified atom stereocenters. The maximum atomic E-state index is 13.8. The molecule has 2 atom stereocenters. The Bertz CT molecular complexity index is 1340. The fraction of sp³-hybridized carbons (Fsp3) is 0.290. The molecule has 1 heterocycles. The number of hydrogen-bond acceptors (Lipinski definition) is 4. The Morgan fingerprint density at radius 3 is 2.16 bits per heavy atom. The molecule has 0 aromatic heterocycles. The predicted molar refractivity (Wildman–Crippen MR) is 155 cm³/mol. The van der Waals surface area contributed by atoms with Gasteiger partial charge in [0.25, 0.3) is 5.91 Å². The van der Waals surface area contributed by atoms with Gasteiger partial charge in [-0.15, -0.1) is 0 Å². The summed E-state index contributed by atoms with van der Waals surface area (Å²) in [5.74, 6) is -0.0263. The average molecular weight is 513 g/mol. The minimum atomic E-state index is -0.171. The molecule has 1 saturated carbocycles. The van der Waals surface area contributed by atoms with Crippen molar-refractivity contribution in [2.24, 2.45) is 11.0 Å². The van der Waals surface area contributed by atoms with E-state index in [9.17, 15) is 4.79 Å². The molecule has 190 valence electrons. The lowest BCUT2D eigenvalue weighted by Crippen LogP contribution is -2.32. The molecule has 0 bridgehead atoms. The molecule has 6 heteroatoms. The number of amides is 1. The second kappa shape index (κ2) is 10.4. The standard InChI is InChI=1S/C31H33ClN4O/c1-34(2)24-16-12-21(13-17-24)20-23-8-7-10-27-29(23)33-36(31(37)26-9-5-6-11-28(26)32)30(27)22-14-18-25(19-15-22)35(3)4/h5-6,9,11-20,27,30H,7-8,10H2,1-4H3. The van der Waals surface area contributed by atoms with E-state index >= 15 is 0 Å². The van der Waals surface area contributed by atoms with Crippen molar-refractivity contribution >= 4 is 40.7 Å². The molecule has 5 rings (SSSR count). The molecule has 37 heavy (non-hydrogen) atoms. The maximum absolute atomic E-state index is 13.8. The number of fused-ring (bicyclic) bond motifs is 1. The van der Waals surface area contributed by atoms with E-state index in [1.54, 1.807) is 17.1 Å². The highest BCUT2D eigenvalue weighted by atomic mass is 35.5. The quantitative estimate of drug-likeness (QED) is 0.373. The summed E-state index contributed by atoms with van der Waals surface area (Å²) in [4.78, 5) is 18.0. The number of halogens is 1. The van der Waals surface area contributed by atoms with E-state index in [2.05, 4.69) is 64.4 Å². The fourth-order valence-electron chi connectivity index (χ4n) is 5.30. The third-order valence-electron chi connectivity index (χ3n) is 7.32. The first-order chi connectivity index (χ1) is 17.8. The molecular weight excluding hydrogens is 480 g/mol. The van der Waals surface area contributed by atoms with Gasteiger partial charge in [0.1, 0.15) is 0 Å². The normalized spacial score (nSPS) is 20.0. The Labute approximate surface area is 224 Å². The number of hydrazone groups is 1. The van der Waals surface area contributed by atoms with Gasteiger partial charge in [0, 0.05) is 45.5 Å². The first-order valence-electron chi connectivity index (χ1n) is 12.8. The minimum Gasteiger partial charge on any atom is -0.378 e. The van der Waals surface area contributed by atoms with Crippen molar-refractivity contribution < 1.29 is 4.79 Å². The van der Waals surface area contributed by atoms with Gasteiger partial charge in [-0.25, -0.2) is 5.01 Å². The van der Waals surface area contributed by atoms with Gasteiger partial charge in [-0.05, 0) is 78.4 Å². The third kappa shape index (κ3) is 5.01. The summed E-state index contributed by atoms with van der Waals surface area (Å²) < 4.78 is 0. The number of rotatable bonds is 5. The Morgan fingerprint density at radius 1 is 0.919 bits per heavy atom. The van der Waals surface area contributed by atoms with Crippen LogP contribution in [0.25, 0.3) is 6.08 Å². The summed E-state index contributed by atoms with van der Waals surface area (Å²) in [6, 6.07) is 24.1. The lowest BCUT2D eigenvalue weighted by atomic mass is 9.77. The van der Waals surface area contributed by atoms with Crippen LogP contribution in [0.15, 0.2) is 83.5 Å². The second-order valence-corrected chi connectivity index (χ2v) is 10.6. The number of carbonyl (C=O) groups excluding carboxylic acids is 1. The number of nitrogens with zero attached hydrogens (tertiary/aromatic N) is 4. The lowest BCUT2D eigenvalue weighted by molar-refractivity contribution is 0.0681. The van der Waals surface area contributed by atoms with Crippen LogP contribution < -0.4 is 9.80 Å². The fourth-order valence-corrected chi connectivity index (χ4v) is 5.52. The smallest absolute Gasteiger partial charge is 0.276 e. The van der Waals surface area contributed by atoms with Crippen LogP contribution in [0.3, 0.4) is 0 Å². The third-order valence-corrected chi connectivity index (χ3v) is 7.64. The van der Waals surface area contributed by atoms with E-state index in [1.165, 1.54) is 11.3 Å². The van der Waals surface area contributed by atoms with Crippen LogP contribution in [0, 0.1) is 5.92 Å². The summed E-state index contributed by atoms with van der Waals surface area (Å²) >= 11 is 6.45. The molecule has 3 aromatic rings. The number of hydrogen-bond donors (Lipinski definition) is 0. The summed E-state index contributed by atoms with van der Waals surface area (Å²) in [5.41, 5.74) is 7.23. The zero-order valence-electron chi connectivity index (χ0n) is 21.9. The number of benzene rings is 3. The van der Waals surface area contributed by atoms with E-state index in [1.807, 2.05) is 40.3 Å². The van der Waals surface area contributed by atoms with Crippen LogP contribution in [0.2, 0.25) is 5.02 Å². The first kappa shape index (κ1) is 25.1. The Hall–Kier alpha value is -3.57. The first-order valence-corrected chi connectivity index (χ1v) is 13.1. The predicted octanol–water partition coefficient (Wildman–Crippen LogP) is 6.91. The molecule has 3 aromatic carbocycles. The molecule has 2 aliphatic rings. The number of allylic oxidation sites excluding steroid dienone is 1. The molecule has 5 nitrogen and oxygen atoms in total. The van der Waals surface area contributed by atoms with E-state index in [4.69, 9.17) is 16.7 Å². The summed E-state index contributed by atoms with van der Waals surface area (Å²) in [6.07, 6.45) is 5.24. The Morgan fingerprint density at radius 2 is 1.54 bits per heavy atom. The SMILES string of the molecule is CN(C)c1ccc(C=C2CCCC3C2=NN(C(=O)c2ccccc2Cl)C3c2ccc(N(C)C)cc2)cc1. The van der Waals surface area contributed by atoms with Gasteiger partial charge in [-0.1, -0.05) is 48.0 Å². The number of anilines is 2. The molecular formula is C31H33ClN4O. The summed E-state index contributed by atoms with van der Waals surface area (Å²) in [7, 11) is 8.15. The molecule has 1 amide bonds. The van der Waals surface area contributed by atoms with Crippen molar-refractivity contribution in [3.63, 3.8) is 0 Å². The van der Waals surface area contributed by atoms with Gasteiger partial charge in [0.2, 0.25) is 0 Å². The molecule has 0 spiro atoms. The highest BCUT2D eigenvalue weighted by Gasteiger charge is 2.44. The van der Waals surface area contributed by atoms with E-state index in [0.29, 0.717) is 10.6 Å². The maximum Gasteiger partial charge on any atom is 0.276 e. The molecule has 1 aliphatic carbocycles. The van der Waals surface area contributed by atoms with Crippen molar-refractivity contribution in [3.05, 3.63) is 100 Å². The van der Waals surface area contributed by atoms with Crippen LogP contribution in [0.4, 0.5) is 11.4 Å². The van der Waals surface area contributed by atoms with E-state index < -0.39 is 0 Å². The highest BCUT2D eigenvalue weighted by molar-refractivity contribution is 6.33. The van der Waals surface area contributed by atoms with Crippen molar-refractivity contribution in [1.82, 2.24) is 5.01 Å². The van der Waals surface area contributed by atoms with Crippen molar-refractivity contribution in [2.45, 2.75) is 25.3 Å². The Kier molecular flexibility index (Phi) is 7.07. The van der Waals surface area contributed by atoms with E-state index in [-0.39, 0.29) is 17.9 Å². The number of carbonyl (C=O) groups is 1. The zero-order chi connectivity index (χ0) is 26.1. The molecule has 0 N–H and O–H groups in total. The summed E-state index contributed by atoms with van der Waals surface area (Å²) in [5, 5.41) is 7.15. The molecule has 1 fully saturated rings. The monoisotopic (exact) mass is 512 g/mol. The van der Waals surface area contributed by atoms with Gasteiger partial charge < -0.3 is 9.80 Å². The van der Waals surface area contributed by atoms with Gasteiger partial charge in [0.05, 0.1) is 22.3 Å². The molecule has 1 aliphatic heterocycles. The lowest BCUT2D eigenvalue weighted by Gasteiger charge is -2.30. The van der Waals surface area contributed by atoms with Crippen molar-refractivity contribution in [3.8, 4) is 0 Å². The van der Waals surface area contributed by atoms with Crippen LogP contribution >= 0.6 is 11.6 Å². The second-order valence-electron chi connectivity index (χ2n) is 10.2. The molecule has 0 saturated heterocycles. The van der Waals surface area contributed by atoms with Crippen LogP contribution in [-0.2, 0) is 0 Å². The highest BCUT2D eigenvalue weighted by Crippen LogP contribution is 2.45. The largest absolute Gasteiger partial charge is 0.378 e. The Balaban J connectivity index is 1.55. The van der Waals surface area contributed by atoms with E-state index in [0.717, 1.165) is 41.8 Å². The van der Waals surface area contributed by atoms with Crippen LogP contribution in [-0.4, -0.2) is 44.8 Å².